The van der Waals surface area contributed by atoms with Crippen molar-refractivity contribution in [2.75, 3.05) is 37.5 Å². The third kappa shape index (κ3) is 4.88. The van der Waals surface area contributed by atoms with Crippen molar-refractivity contribution < 1.29 is 14.3 Å². The van der Waals surface area contributed by atoms with Gasteiger partial charge in [0.25, 0.3) is 5.56 Å². The van der Waals surface area contributed by atoms with Crippen molar-refractivity contribution >= 4 is 17.3 Å². The molecule has 0 spiro atoms. The fourth-order valence-corrected chi connectivity index (χ4v) is 3.53. The molecule has 1 amide bonds. The number of piperidine rings is 1. The summed E-state index contributed by atoms with van der Waals surface area (Å²) < 4.78 is 12.0. The molecule has 0 bridgehead atoms. The molecular weight excluding hydrogens is 372 g/mol. The van der Waals surface area contributed by atoms with E-state index in [1.54, 1.807) is 44.7 Å². The summed E-state index contributed by atoms with van der Waals surface area (Å²) in [7, 11) is 3.14. The second-order valence-corrected chi connectivity index (χ2v) is 7.10. The average molecular weight is 400 g/mol. The fourth-order valence-electron chi connectivity index (χ4n) is 3.53. The van der Waals surface area contributed by atoms with Crippen LogP contribution in [0, 0.1) is 5.92 Å². The maximum Gasteiger partial charge on any atom is 0.268 e. The monoisotopic (exact) mass is 400 g/mol. The van der Waals surface area contributed by atoms with Gasteiger partial charge in [0, 0.05) is 43.4 Å². The number of nitrogens with zero attached hydrogens (tertiary/aromatic N) is 3. The molecule has 8 heteroatoms. The zero-order chi connectivity index (χ0) is 20.8. The molecular formula is C21H28N4O4. The van der Waals surface area contributed by atoms with Crippen molar-refractivity contribution in [3.8, 4) is 11.5 Å². The SMILES string of the molecule is CCCn1ncc(N2CCC(C(=O)Nc3ccc(OC)c(OC)c3)CC2)cc1=O. The molecule has 29 heavy (non-hydrogen) atoms. The van der Waals surface area contributed by atoms with E-state index < -0.39 is 0 Å². The first-order chi connectivity index (χ1) is 14.0. The third-order valence-electron chi connectivity index (χ3n) is 5.17. The Kier molecular flexibility index (Phi) is 6.74. The van der Waals surface area contributed by atoms with Crippen LogP contribution >= 0.6 is 0 Å². The van der Waals surface area contributed by atoms with Crippen LogP contribution < -0.4 is 25.2 Å². The van der Waals surface area contributed by atoms with E-state index >= 15 is 0 Å². The third-order valence-corrected chi connectivity index (χ3v) is 5.17. The molecule has 1 saturated heterocycles. The van der Waals surface area contributed by atoms with E-state index in [0.717, 1.165) is 24.9 Å². The number of benzene rings is 1. The summed E-state index contributed by atoms with van der Waals surface area (Å²) in [6, 6.07) is 6.95. The Morgan fingerprint density at radius 3 is 2.52 bits per heavy atom. The predicted octanol–water partition coefficient (Wildman–Crippen LogP) is 2.53. The van der Waals surface area contributed by atoms with E-state index in [0.29, 0.717) is 36.8 Å². The number of carbonyl (C=O) groups excluding carboxylic acids is 1. The Balaban J connectivity index is 1.58. The number of anilines is 2. The summed E-state index contributed by atoms with van der Waals surface area (Å²) in [4.78, 5) is 26.9. The van der Waals surface area contributed by atoms with Gasteiger partial charge in [0.05, 0.1) is 26.1 Å². The topological polar surface area (TPSA) is 85.7 Å². The highest BCUT2D eigenvalue weighted by Gasteiger charge is 2.26. The summed E-state index contributed by atoms with van der Waals surface area (Å²) in [5.74, 6) is 1.11. The predicted molar refractivity (Wildman–Crippen MR) is 112 cm³/mol. The molecule has 0 atom stereocenters. The van der Waals surface area contributed by atoms with Crippen LogP contribution in [0.4, 0.5) is 11.4 Å². The Morgan fingerprint density at radius 1 is 1.17 bits per heavy atom. The first kappa shape index (κ1) is 20.7. The van der Waals surface area contributed by atoms with Crippen molar-refractivity contribution in [3.05, 3.63) is 40.8 Å². The van der Waals surface area contributed by atoms with Crippen LogP contribution in [-0.2, 0) is 11.3 Å². The summed E-state index contributed by atoms with van der Waals surface area (Å²) in [5, 5.41) is 7.21. The van der Waals surface area contributed by atoms with Gasteiger partial charge in [0.2, 0.25) is 5.91 Å². The molecule has 1 fully saturated rings. The number of aromatic nitrogens is 2. The molecule has 156 valence electrons. The van der Waals surface area contributed by atoms with Gasteiger partial charge in [-0.1, -0.05) is 6.92 Å². The van der Waals surface area contributed by atoms with Gasteiger partial charge in [-0.2, -0.15) is 5.10 Å². The quantitative estimate of drug-likeness (QED) is 0.769. The van der Waals surface area contributed by atoms with Crippen LogP contribution in [0.15, 0.2) is 35.3 Å². The number of carbonyl (C=O) groups is 1. The number of ether oxygens (including phenoxy) is 2. The minimum Gasteiger partial charge on any atom is -0.493 e. The van der Waals surface area contributed by atoms with E-state index in [1.807, 2.05) is 6.92 Å². The van der Waals surface area contributed by atoms with Crippen LogP contribution in [0.5, 0.6) is 11.5 Å². The molecule has 1 aliphatic rings. The molecule has 8 nitrogen and oxygen atoms in total. The number of hydrogen-bond donors (Lipinski definition) is 1. The van der Waals surface area contributed by atoms with Crippen LogP contribution in [0.25, 0.3) is 0 Å². The molecule has 0 unspecified atom stereocenters. The molecule has 3 rings (SSSR count). The van der Waals surface area contributed by atoms with Gasteiger partial charge in [-0.15, -0.1) is 0 Å². The Labute approximate surface area is 170 Å². The molecule has 0 aliphatic carbocycles. The maximum absolute atomic E-state index is 12.7. The summed E-state index contributed by atoms with van der Waals surface area (Å²) in [6.07, 6.45) is 4.04. The lowest BCUT2D eigenvalue weighted by atomic mass is 9.95. The number of rotatable bonds is 7. The molecule has 1 aromatic heterocycles. The lowest BCUT2D eigenvalue weighted by molar-refractivity contribution is -0.120. The Hall–Kier alpha value is -3.03. The van der Waals surface area contributed by atoms with Gasteiger partial charge in [-0.25, -0.2) is 4.68 Å². The number of aryl methyl sites for hydroxylation is 1. The van der Waals surface area contributed by atoms with Gasteiger partial charge in [-0.05, 0) is 31.4 Å². The summed E-state index contributed by atoms with van der Waals surface area (Å²) >= 11 is 0. The Bertz CT molecular complexity index is 904. The zero-order valence-electron chi connectivity index (χ0n) is 17.2. The molecule has 1 N–H and O–H groups in total. The van der Waals surface area contributed by atoms with Crippen molar-refractivity contribution in [1.29, 1.82) is 0 Å². The van der Waals surface area contributed by atoms with Crippen molar-refractivity contribution in [1.82, 2.24) is 9.78 Å². The molecule has 2 heterocycles. The minimum atomic E-state index is -0.0855. The normalized spacial score (nSPS) is 14.5. The second kappa shape index (κ2) is 9.45. The highest BCUT2D eigenvalue weighted by Crippen LogP contribution is 2.30. The molecule has 0 radical (unpaired) electrons. The molecule has 2 aromatic rings. The van der Waals surface area contributed by atoms with Crippen LogP contribution in [-0.4, -0.2) is 43.0 Å². The number of methoxy groups -OCH3 is 2. The number of nitrogens with one attached hydrogen (secondary N) is 1. The van der Waals surface area contributed by atoms with E-state index in [9.17, 15) is 9.59 Å². The molecule has 1 aliphatic heterocycles. The summed E-state index contributed by atoms with van der Waals surface area (Å²) in [5.41, 5.74) is 1.41. The highest BCUT2D eigenvalue weighted by atomic mass is 16.5. The number of hydrogen-bond acceptors (Lipinski definition) is 6. The highest BCUT2D eigenvalue weighted by molar-refractivity contribution is 5.93. The van der Waals surface area contributed by atoms with E-state index in [4.69, 9.17) is 9.47 Å². The van der Waals surface area contributed by atoms with Crippen LogP contribution in [0.1, 0.15) is 26.2 Å². The molecule has 0 saturated carbocycles. The van der Waals surface area contributed by atoms with Crippen LogP contribution in [0.3, 0.4) is 0 Å². The number of amides is 1. The lowest BCUT2D eigenvalue weighted by Crippen LogP contribution is -2.39. The second-order valence-electron chi connectivity index (χ2n) is 7.10. The Morgan fingerprint density at radius 2 is 1.90 bits per heavy atom. The van der Waals surface area contributed by atoms with Crippen molar-refractivity contribution in [2.24, 2.45) is 5.92 Å². The molecule has 1 aromatic carbocycles. The maximum atomic E-state index is 12.7. The van der Waals surface area contributed by atoms with Crippen molar-refractivity contribution in [3.63, 3.8) is 0 Å². The standard InChI is InChI=1S/C21H28N4O4/c1-4-9-25-20(26)13-17(14-22-25)24-10-7-15(8-11-24)21(27)23-16-5-6-18(28-2)19(12-16)29-3/h5-6,12-15H,4,7-11H2,1-3H3,(H,23,27). The first-order valence-electron chi connectivity index (χ1n) is 9.90. The van der Waals surface area contributed by atoms with Gasteiger partial charge in [-0.3, -0.25) is 9.59 Å². The average Bonchev–Trinajstić information content (AvgIpc) is 2.75. The van der Waals surface area contributed by atoms with Gasteiger partial charge in [0.15, 0.2) is 11.5 Å². The van der Waals surface area contributed by atoms with Gasteiger partial charge < -0.3 is 19.7 Å². The van der Waals surface area contributed by atoms with E-state index in [-0.39, 0.29) is 17.4 Å². The largest absolute Gasteiger partial charge is 0.493 e. The van der Waals surface area contributed by atoms with E-state index in [1.165, 1.54) is 4.68 Å². The zero-order valence-corrected chi connectivity index (χ0v) is 17.2. The van der Waals surface area contributed by atoms with Gasteiger partial charge >= 0.3 is 0 Å². The minimum absolute atomic E-state index is 0.00615. The van der Waals surface area contributed by atoms with Crippen LogP contribution in [0.2, 0.25) is 0 Å². The van der Waals surface area contributed by atoms with E-state index in [2.05, 4.69) is 15.3 Å². The van der Waals surface area contributed by atoms with Gasteiger partial charge in [0.1, 0.15) is 0 Å². The van der Waals surface area contributed by atoms with Crippen molar-refractivity contribution in [2.45, 2.75) is 32.7 Å². The first-order valence-corrected chi connectivity index (χ1v) is 9.90. The smallest absolute Gasteiger partial charge is 0.268 e. The lowest BCUT2D eigenvalue weighted by Gasteiger charge is -2.32. The fraction of sp³-hybridized carbons (Fsp3) is 0.476. The summed E-state index contributed by atoms with van der Waals surface area (Å²) in [6.45, 7) is 4.06.